The minimum Gasteiger partial charge on any atom is -0.221 e. The number of halogens is 9. The van der Waals surface area contributed by atoms with Crippen molar-refractivity contribution < 1.29 is 0 Å². The van der Waals surface area contributed by atoms with Crippen LogP contribution < -0.4 is 0 Å². The zero-order valence-electron chi connectivity index (χ0n) is 5.85. The number of hydrogen-bond acceptors (Lipinski definition) is 1. The van der Waals surface area contributed by atoms with Crippen LogP contribution in [0.5, 0.6) is 0 Å². The van der Waals surface area contributed by atoms with Crippen molar-refractivity contribution in [2.45, 2.75) is 12.0 Å². The first-order valence-corrected chi connectivity index (χ1v) is 6.05. The van der Waals surface area contributed by atoms with E-state index in [0.29, 0.717) is 0 Å². The van der Waals surface area contributed by atoms with E-state index in [4.69, 9.17) is 104 Å². The highest BCUT2D eigenvalue weighted by molar-refractivity contribution is 6.88. The average molecular weight is 381 g/mol. The van der Waals surface area contributed by atoms with Gasteiger partial charge in [-0.15, -0.1) is 0 Å². The van der Waals surface area contributed by atoms with E-state index in [0.717, 1.165) is 0 Å². The highest BCUT2D eigenvalue weighted by Gasteiger charge is 2.50. The summed E-state index contributed by atoms with van der Waals surface area (Å²) in [5.74, 6) is 0. The van der Waals surface area contributed by atoms with E-state index < -0.39 is 17.2 Å². The van der Waals surface area contributed by atoms with Gasteiger partial charge in [-0.05, 0) is 0 Å². The molecule has 84 valence electrons. The molecule has 0 aromatic heterocycles. The van der Waals surface area contributed by atoms with Crippen molar-refractivity contribution in [2.24, 2.45) is 4.99 Å². The van der Waals surface area contributed by atoms with E-state index in [1.54, 1.807) is 0 Å². The third-order valence-corrected chi connectivity index (χ3v) is 4.01. The summed E-state index contributed by atoms with van der Waals surface area (Å²) in [7, 11) is 0. The molecule has 1 nitrogen and oxygen atoms in total. The lowest BCUT2D eigenvalue weighted by Gasteiger charge is -2.26. The fourth-order valence-corrected chi connectivity index (χ4v) is 1.45. The fourth-order valence-electron chi connectivity index (χ4n) is 0.298. The third-order valence-electron chi connectivity index (χ3n) is 0.840. The molecule has 0 N–H and O–H groups in total. The van der Waals surface area contributed by atoms with Crippen molar-refractivity contribution in [3.05, 3.63) is 0 Å². The largest absolute Gasteiger partial charge is 0.286 e. The molecule has 0 rings (SSSR count). The van der Waals surface area contributed by atoms with Crippen LogP contribution >= 0.6 is 104 Å². The summed E-state index contributed by atoms with van der Waals surface area (Å²) in [5.41, 5.74) is 0. The van der Waals surface area contributed by atoms with Crippen molar-refractivity contribution in [1.82, 2.24) is 0 Å². The average Bonchev–Trinajstić information content (AvgIpc) is 1.80. The Labute approximate surface area is 125 Å². The topological polar surface area (TPSA) is 12.4 Å². The first-order valence-electron chi connectivity index (χ1n) is 2.65. The molecule has 14 heavy (non-hydrogen) atoms. The van der Waals surface area contributed by atoms with Crippen LogP contribution in [-0.2, 0) is 0 Å². The molecule has 0 aliphatic heterocycles. The van der Waals surface area contributed by atoms with Crippen LogP contribution in [0, 0.1) is 0 Å². The molecule has 0 amide bonds. The van der Waals surface area contributed by atoms with Gasteiger partial charge in [0.1, 0.15) is 5.17 Å². The predicted octanol–water partition coefficient (Wildman–Crippen LogP) is 5.50. The zero-order chi connectivity index (χ0) is 11.8. The van der Waals surface area contributed by atoms with E-state index in [-0.39, 0.29) is 0 Å². The maximum absolute atomic E-state index is 5.60. The molecule has 0 bridgehead atoms. The molecule has 0 aromatic rings. The van der Waals surface area contributed by atoms with Crippen molar-refractivity contribution in [3.63, 3.8) is 0 Å². The number of rotatable bonds is 1. The molecule has 0 aromatic carbocycles. The van der Waals surface area contributed by atoms with E-state index >= 15 is 0 Å². The van der Waals surface area contributed by atoms with Gasteiger partial charge in [-0.3, -0.25) is 0 Å². The number of aliphatic imine (C=N–C) groups is 1. The van der Waals surface area contributed by atoms with Gasteiger partial charge in [0, 0.05) is 0 Å². The van der Waals surface area contributed by atoms with E-state index in [1.165, 1.54) is 0 Å². The lowest BCUT2D eigenvalue weighted by molar-refractivity contribution is 1.03. The normalized spacial score (nSPS) is 15.9. The van der Waals surface area contributed by atoms with Gasteiger partial charge in [0.25, 0.3) is 3.92 Å². The molecule has 10 heteroatoms. The Morgan fingerprint density at radius 2 is 1.14 bits per heavy atom. The molecule has 0 spiro atoms. The molecule has 0 atom stereocenters. The van der Waals surface area contributed by atoms with Gasteiger partial charge in [0.05, 0.1) is 0 Å². The first-order chi connectivity index (χ1) is 5.88. The predicted molar refractivity (Wildman–Crippen MR) is 68.3 cm³/mol. The Hall–Kier alpha value is 2.28. The van der Waals surface area contributed by atoms with Gasteiger partial charge in [-0.2, -0.15) is 0 Å². The first kappa shape index (κ1) is 16.3. The Balaban J connectivity index is 5.04. The third kappa shape index (κ3) is 5.07. The molecule has 0 aliphatic rings. The Bertz CT molecular complexity index is 232. The van der Waals surface area contributed by atoms with Crippen LogP contribution in [0.15, 0.2) is 4.99 Å². The second-order valence-corrected chi connectivity index (χ2v) is 8.13. The lowest BCUT2D eigenvalue weighted by Crippen LogP contribution is -2.37. The van der Waals surface area contributed by atoms with Crippen molar-refractivity contribution in [2.75, 3.05) is 0 Å². The summed E-state index contributed by atoms with van der Waals surface area (Å²) in [6, 6.07) is 0. The summed E-state index contributed by atoms with van der Waals surface area (Å²) in [6.45, 7) is 0. The van der Waals surface area contributed by atoms with Crippen molar-refractivity contribution >= 4 is 110 Å². The summed E-state index contributed by atoms with van der Waals surface area (Å²) in [4.78, 5) is 3.31. The minimum atomic E-state index is -2.10. The molecular formula is C4Cl9N. The molecule has 0 heterocycles. The van der Waals surface area contributed by atoms with Gasteiger partial charge in [0.15, 0.2) is 0 Å². The molecular weight excluding hydrogens is 381 g/mol. The van der Waals surface area contributed by atoms with Gasteiger partial charge in [-0.25, -0.2) is 4.99 Å². The summed E-state index contributed by atoms with van der Waals surface area (Å²) in [5, 5.41) is -0.541. The van der Waals surface area contributed by atoms with Gasteiger partial charge in [-0.1, -0.05) is 104 Å². The van der Waals surface area contributed by atoms with Crippen LogP contribution in [0.1, 0.15) is 0 Å². The molecule has 0 saturated carbocycles. The Morgan fingerprint density at radius 3 is 1.36 bits per heavy atom. The smallest absolute Gasteiger partial charge is 0.221 e. The quantitative estimate of drug-likeness (QED) is 0.323. The van der Waals surface area contributed by atoms with E-state index in [2.05, 4.69) is 4.99 Å². The van der Waals surface area contributed by atoms with Gasteiger partial charge < -0.3 is 0 Å². The second-order valence-electron chi connectivity index (χ2n) is 1.94. The highest BCUT2D eigenvalue weighted by atomic mass is 35.6. The zero-order valence-corrected chi connectivity index (χ0v) is 12.7. The number of alkyl halides is 8. The summed E-state index contributed by atoms with van der Waals surface area (Å²) >= 11 is 48.9. The van der Waals surface area contributed by atoms with Gasteiger partial charge >= 0.3 is 0 Å². The molecule has 0 aliphatic carbocycles. The molecule has 0 saturated heterocycles. The van der Waals surface area contributed by atoms with Crippen LogP contribution in [0.2, 0.25) is 0 Å². The maximum atomic E-state index is 5.60. The minimum absolute atomic E-state index is 0.541. The second kappa shape index (κ2) is 5.29. The standard InChI is InChI=1S/C4Cl9N/c5-1(14-4(11,12)13)2(6,7)3(8,9)10. The van der Waals surface area contributed by atoms with Crippen LogP contribution in [-0.4, -0.2) is 17.2 Å². The van der Waals surface area contributed by atoms with Crippen molar-refractivity contribution in [3.8, 4) is 0 Å². The Kier molecular flexibility index (Phi) is 6.15. The maximum Gasteiger partial charge on any atom is 0.286 e. The number of hydrogen-bond donors (Lipinski definition) is 0. The van der Waals surface area contributed by atoms with E-state index in [9.17, 15) is 0 Å². The van der Waals surface area contributed by atoms with Crippen LogP contribution in [0.3, 0.4) is 0 Å². The summed E-state index contributed by atoms with van der Waals surface area (Å²) in [6.07, 6.45) is 0. The molecule has 0 fully saturated rings. The molecule has 0 unspecified atom stereocenters. The summed E-state index contributed by atoms with van der Waals surface area (Å²) < 4.78 is -6.22. The number of nitrogens with zero attached hydrogens (tertiary/aromatic N) is 1. The van der Waals surface area contributed by atoms with Gasteiger partial charge in [0.2, 0.25) is 8.13 Å². The van der Waals surface area contributed by atoms with Crippen molar-refractivity contribution in [1.29, 1.82) is 0 Å². The lowest BCUT2D eigenvalue weighted by atomic mass is 10.5. The van der Waals surface area contributed by atoms with Crippen LogP contribution in [0.25, 0.3) is 0 Å². The SMILES string of the molecule is ClC(=NC(Cl)(Cl)Cl)C(Cl)(Cl)C(Cl)(Cl)Cl. The highest BCUT2D eigenvalue weighted by Crippen LogP contribution is 2.48. The van der Waals surface area contributed by atoms with Crippen LogP contribution in [0.4, 0.5) is 0 Å². The Morgan fingerprint density at radius 1 is 0.786 bits per heavy atom. The van der Waals surface area contributed by atoms with E-state index in [1.807, 2.05) is 0 Å². The fraction of sp³-hybridized carbons (Fsp3) is 0.750. The monoisotopic (exact) mass is 377 g/mol. The molecule has 0 radical (unpaired) electrons.